The van der Waals surface area contributed by atoms with Gasteiger partial charge in [0.25, 0.3) is 0 Å². The number of nitrogens with one attached hydrogen (secondary N) is 2. The van der Waals surface area contributed by atoms with Crippen molar-refractivity contribution in [3.63, 3.8) is 0 Å². The summed E-state index contributed by atoms with van der Waals surface area (Å²) in [6, 6.07) is -0.718. The number of amides is 4. The van der Waals surface area contributed by atoms with E-state index in [1.807, 2.05) is 20.8 Å². The summed E-state index contributed by atoms with van der Waals surface area (Å²) in [7, 11) is 0. The molecule has 1 aliphatic rings. The molecule has 1 saturated heterocycles. The molecule has 1 atom stereocenters. The fourth-order valence-electron chi connectivity index (χ4n) is 2.23. The van der Waals surface area contributed by atoms with Gasteiger partial charge in [-0.25, -0.2) is 4.79 Å². The van der Waals surface area contributed by atoms with Crippen LogP contribution >= 0.6 is 0 Å². The molecule has 0 spiro atoms. The first kappa shape index (κ1) is 12.7. The summed E-state index contributed by atoms with van der Waals surface area (Å²) in [5.41, 5.74) is -1.09. The van der Waals surface area contributed by atoms with Crippen molar-refractivity contribution in [2.24, 2.45) is 11.3 Å². The molecule has 2 N–H and O–H groups in total. The second kappa shape index (κ2) is 4.63. The summed E-state index contributed by atoms with van der Waals surface area (Å²) in [6.45, 7) is 5.71. The van der Waals surface area contributed by atoms with Gasteiger partial charge >= 0.3 is 6.03 Å². The Morgan fingerprint density at radius 1 is 1.12 bits per heavy atom. The average molecular weight is 226 g/mol. The van der Waals surface area contributed by atoms with Crippen molar-refractivity contribution in [3.05, 3.63) is 0 Å². The molecule has 0 unspecified atom stereocenters. The monoisotopic (exact) mass is 226 g/mol. The fourth-order valence-corrected chi connectivity index (χ4v) is 2.23. The number of carbonyl (C=O) groups is 3. The third-order valence-electron chi connectivity index (χ3n) is 3.36. The van der Waals surface area contributed by atoms with Crippen molar-refractivity contribution in [1.82, 2.24) is 10.6 Å². The van der Waals surface area contributed by atoms with E-state index in [-0.39, 0.29) is 5.92 Å². The molecule has 90 valence electrons. The predicted octanol–water partition coefficient (Wildman–Crippen LogP) is 1.18. The lowest BCUT2D eigenvalue weighted by molar-refractivity contribution is -0.148. The Hall–Kier alpha value is -1.39. The summed E-state index contributed by atoms with van der Waals surface area (Å²) in [4.78, 5) is 34.9. The molecule has 0 aromatic heterocycles. The maximum atomic E-state index is 11.9. The van der Waals surface area contributed by atoms with E-state index in [2.05, 4.69) is 10.6 Å². The second-order valence-electron chi connectivity index (χ2n) is 4.27. The smallest absolute Gasteiger partial charge is 0.277 e. The van der Waals surface area contributed by atoms with Crippen molar-refractivity contribution >= 4 is 17.8 Å². The van der Waals surface area contributed by atoms with Crippen LogP contribution in [0.2, 0.25) is 0 Å². The molecule has 1 fully saturated rings. The number of urea groups is 1. The molecular formula is C11H18N2O3. The number of hydrogen-bond donors (Lipinski definition) is 2. The van der Waals surface area contributed by atoms with Crippen LogP contribution in [0.15, 0.2) is 0 Å². The Morgan fingerprint density at radius 3 is 2.00 bits per heavy atom. The number of barbiturate groups is 1. The van der Waals surface area contributed by atoms with E-state index in [1.54, 1.807) is 0 Å². The zero-order valence-corrected chi connectivity index (χ0v) is 9.92. The van der Waals surface area contributed by atoms with Gasteiger partial charge in [0.05, 0.1) is 0 Å². The molecule has 16 heavy (non-hydrogen) atoms. The minimum atomic E-state index is -1.09. The number of hydrogen-bond acceptors (Lipinski definition) is 3. The van der Waals surface area contributed by atoms with Gasteiger partial charge in [0.15, 0.2) is 0 Å². The van der Waals surface area contributed by atoms with Gasteiger partial charge in [-0.3, -0.25) is 20.2 Å². The Labute approximate surface area is 95.0 Å². The van der Waals surface area contributed by atoms with E-state index < -0.39 is 23.3 Å². The van der Waals surface area contributed by atoms with Crippen LogP contribution in [0, 0.1) is 11.3 Å². The van der Waals surface area contributed by atoms with E-state index in [1.165, 1.54) is 0 Å². The van der Waals surface area contributed by atoms with Crippen molar-refractivity contribution in [2.45, 2.75) is 40.0 Å². The number of imide groups is 2. The van der Waals surface area contributed by atoms with Crippen LogP contribution in [0.4, 0.5) is 4.79 Å². The van der Waals surface area contributed by atoms with E-state index >= 15 is 0 Å². The summed E-state index contributed by atoms with van der Waals surface area (Å²) >= 11 is 0. The molecule has 1 rings (SSSR count). The highest BCUT2D eigenvalue weighted by Gasteiger charge is 2.52. The molecule has 5 heteroatoms. The molecule has 0 aliphatic carbocycles. The van der Waals surface area contributed by atoms with E-state index in [0.29, 0.717) is 6.42 Å². The van der Waals surface area contributed by atoms with Gasteiger partial charge in [-0.05, 0) is 12.3 Å². The van der Waals surface area contributed by atoms with Crippen molar-refractivity contribution in [1.29, 1.82) is 0 Å². The first-order valence-electron chi connectivity index (χ1n) is 5.65. The molecule has 5 nitrogen and oxygen atoms in total. The lowest BCUT2D eigenvalue weighted by Gasteiger charge is -2.38. The zero-order chi connectivity index (χ0) is 12.3. The molecule has 1 aliphatic heterocycles. The van der Waals surface area contributed by atoms with Crippen LogP contribution in [0.3, 0.4) is 0 Å². The average Bonchev–Trinajstić information content (AvgIpc) is 2.22. The zero-order valence-electron chi connectivity index (χ0n) is 9.92. The number of rotatable bonds is 4. The van der Waals surface area contributed by atoms with Gasteiger partial charge in [-0.1, -0.05) is 33.6 Å². The highest BCUT2D eigenvalue weighted by Crippen LogP contribution is 2.37. The lowest BCUT2D eigenvalue weighted by Crippen LogP contribution is -2.64. The van der Waals surface area contributed by atoms with Crippen LogP contribution in [-0.4, -0.2) is 17.8 Å². The highest BCUT2D eigenvalue weighted by molar-refractivity contribution is 6.19. The van der Waals surface area contributed by atoms with E-state index in [0.717, 1.165) is 12.8 Å². The molecule has 0 aromatic rings. The minimum absolute atomic E-state index is 0.0828. The maximum Gasteiger partial charge on any atom is 0.328 e. The van der Waals surface area contributed by atoms with Crippen LogP contribution < -0.4 is 10.6 Å². The van der Waals surface area contributed by atoms with Crippen molar-refractivity contribution < 1.29 is 14.4 Å². The molecule has 0 radical (unpaired) electrons. The molecule has 0 saturated carbocycles. The van der Waals surface area contributed by atoms with Gasteiger partial charge in [-0.2, -0.15) is 0 Å². The van der Waals surface area contributed by atoms with Crippen molar-refractivity contribution in [3.8, 4) is 0 Å². The third kappa shape index (κ3) is 1.81. The van der Waals surface area contributed by atoms with E-state index in [4.69, 9.17) is 0 Å². The van der Waals surface area contributed by atoms with Gasteiger partial charge in [0.1, 0.15) is 5.41 Å². The molecule has 0 bridgehead atoms. The minimum Gasteiger partial charge on any atom is -0.277 e. The van der Waals surface area contributed by atoms with Crippen LogP contribution in [0.5, 0.6) is 0 Å². The normalized spacial score (nSPS) is 21.3. The van der Waals surface area contributed by atoms with Crippen LogP contribution in [0.1, 0.15) is 40.0 Å². The Morgan fingerprint density at radius 2 is 1.62 bits per heavy atom. The van der Waals surface area contributed by atoms with Gasteiger partial charge in [0, 0.05) is 0 Å². The number of carbonyl (C=O) groups excluding carboxylic acids is 3. The lowest BCUT2D eigenvalue weighted by atomic mass is 9.69. The summed E-state index contributed by atoms with van der Waals surface area (Å²) in [6.07, 6.45) is 1.90. The maximum absolute atomic E-state index is 11.9. The quantitative estimate of drug-likeness (QED) is 0.707. The predicted molar refractivity (Wildman–Crippen MR) is 58.5 cm³/mol. The Kier molecular flexibility index (Phi) is 3.67. The first-order valence-corrected chi connectivity index (χ1v) is 5.65. The van der Waals surface area contributed by atoms with Crippen molar-refractivity contribution in [2.75, 3.05) is 0 Å². The molecule has 0 aromatic carbocycles. The van der Waals surface area contributed by atoms with Gasteiger partial charge in [0.2, 0.25) is 11.8 Å². The summed E-state index contributed by atoms with van der Waals surface area (Å²) in [5.74, 6) is -1.00. The molecule has 4 amide bonds. The second-order valence-corrected chi connectivity index (χ2v) is 4.27. The van der Waals surface area contributed by atoms with Crippen LogP contribution in [-0.2, 0) is 9.59 Å². The first-order chi connectivity index (χ1) is 7.48. The van der Waals surface area contributed by atoms with Crippen LogP contribution in [0.25, 0.3) is 0 Å². The molecule has 1 heterocycles. The fraction of sp³-hybridized carbons (Fsp3) is 0.727. The Balaban J connectivity index is 3.11. The topological polar surface area (TPSA) is 75.3 Å². The van der Waals surface area contributed by atoms with Gasteiger partial charge < -0.3 is 0 Å². The van der Waals surface area contributed by atoms with E-state index in [9.17, 15) is 14.4 Å². The summed E-state index contributed by atoms with van der Waals surface area (Å²) < 4.78 is 0. The van der Waals surface area contributed by atoms with Gasteiger partial charge in [-0.15, -0.1) is 0 Å². The third-order valence-corrected chi connectivity index (χ3v) is 3.36. The molecular weight excluding hydrogens is 208 g/mol. The highest BCUT2D eigenvalue weighted by atomic mass is 16.2. The SMILES string of the molecule is CCCC1([C@@H](C)CC)C(=O)NC(=O)NC1=O. The standard InChI is InChI=1S/C11H18N2O3/c1-4-6-11(7(3)5-2)8(14)12-10(16)13-9(11)15/h7H,4-6H2,1-3H3,(H2,12,13,14,15,16)/t7-/m0/s1. The largest absolute Gasteiger partial charge is 0.328 e. The Bertz CT molecular complexity index is 305. The summed E-state index contributed by atoms with van der Waals surface area (Å²) in [5, 5.41) is 4.38.